The molecule has 9 N–H and O–H groups in total. The second-order valence-corrected chi connectivity index (χ2v) is 10.4. The van der Waals surface area contributed by atoms with Crippen LogP contribution in [0.25, 0.3) is 22.3 Å². The SMILES string of the molecule is COc1cc(-c2oc3cc(O)cc(O)c3c(=O)c2O[C@H]2O[C@H](CO)[C@@H](O)[C@H](O)[C@H]2O[C@H]2O[C@@H](C)[C@H](O)[C@@H](O)[C@H]2O)ccc1O. The van der Waals surface area contributed by atoms with E-state index in [-0.39, 0.29) is 28.4 Å². The maximum absolute atomic E-state index is 13.8. The average Bonchev–Trinajstić information content (AvgIpc) is 2.99. The lowest BCUT2D eigenvalue weighted by molar-refractivity contribution is -0.354. The number of benzene rings is 2. The molecule has 0 unspecified atom stereocenters. The summed E-state index contributed by atoms with van der Waals surface area (Å²) in [4.78, 5) is 13.8. The predicted molar refractivity (Wildman–Crippen MR) is 145 cm³/mol. The molecule has 240 valence electrons. The van der Waals surface area contributed by atoms with Crippen molar-refractivity contribution >= 4 is 11.0 Å². The second-order valence-electron chi connectivity index (χ2n) is 10.4. The van der Waals surface area contributed by atoms with E-state index in [1.54, 1.807) is 0 Å². The lowest BCUT2D eigenvalue weighted by Gasteiger charge is -2.45. The summed E-state index contributed by atoms with van der Waals surface area (Å²) in [5.41, 5.74) is -1.15. The molecule has 0 spiro atoms. The number of aliphatic hydroxyl groups excluding tert-OH is 6. The molecule has 0 radical (unpaired) electrons. The van der Waals surface area contributed by atoms with Crippen LogP contribution < -0.4 is 14.9 Å². The average molecular weight is 625 g/mol. The lowest BCUT2D eigenvalue weighted by atomic mass is 9.97. The van der Waals surface area contributed by atoms with E-state index in [1.807, 2.05) is 0 Å². The van der Waals surface area contributed by atoms with Crippen molar-refractivity contribution in [2.45, 2.75) is 68.3 Å². The van der Waals surface area contributed by atoms with E-state index in [1.165, 1.54) is 32.2 Å². The smallest absolute Gasteiger partial charge is 0.239 e. The Hall–Kier alpha value is -3.71. The van der Waals surface area contributed by atoms with Crippen LogP contribution in [0.2, 0.25) is 0 Å². The van der Waals surface area contributed by atoms with Gasteiger partial charge in [0.05, 0.1) is 19.8 Å². The quantitative estimate of drug-likeness (QED) is 0.147. The monoisotopic (exact) mass is 624 g/mol. The molecule has 2 aliphatic heterocycles. The summed E-state index contributed by atoms with van der Waals surface area (Å²) >= 11 is 0. The highest BCUT2D eigenvalue weighted by molar-refractivity contribution is 5.88. The highest BCUT2D eigenvalue weighted by atomic mass is 16.8. The van der Waals surface area contributed by atoms with E-state index >= 15 is 0 Å². The van der Waals surface area contributed by atoms with Crippen LogP contribution in [0.5, 0.6) is 28.7 Å². The van der Waals surface area contributed by atoms with E-state index in [9.17, 15) is 50.8 Å². The van der Waals surface area contributed by atoms with Crippen molar-refractivity contribution in [3.8, 4) is 40.1 Å². The van der Waals surface area contributed by atoms with Gasteiger partial charge in [0.2, 0.25) is 17.5 Å². The molecule has 10 atom stereocenters. The van der Waals surface area contributed by atoms with Gasteiger partial charge in [-0.1, -0.05) is 0 Å². The van der Waals surface area contributed by atoms with Crippen LogP contribution in [0.1, 0.15) is 6.92 Å². The number of fused-ring (bicyclic) bond motifs is 1. The normalized spacial score (nSPS) is 32.5. The largest absolute Gasteiger partial charge is 0.508 e. The van der Waals surface area contributed by atoms with Gasteiger partial charge in [0, 0.05) is 17.7 Å². The molecular weight excluding hydrogens is 592 g/mol. The van der Waals surface area contributed by atoms with Crippen molar-refractivity contribution < 1.29 is 74.1 Å². The number of rotatable bonds is 7. The van der Waals surface area contributed by atoms with Gasteiger partial charge in [-0.3, -0.25) is 4.79 Å². The van der Waals surface area contributed by atoms with E-state index in [0.717, 1.165) is 12.1 Å². The number of methoxy groups -OCH3 is 1. The van der Waals surface area contributed by atoms with Crippen LogP contribution in [-0.2, 0) is 14.2 Å². The molecule has 1 aromatic heterocycles. The first kappa shape index (κ1) is 31.7. The molecule has 2 aromatic carbocycles. The van der Waals surface area contributed by atoms with E-state index < -0.39 is 96.1 Å². The van der Waals surface area contributed by atoms with Gasteiger partial charge in [-0.2, -0.15) is 0 Å². The fraction of sp³-hybridized carbons (Fsp3) is 0.464. The van der Waals surface area contributed by atoms with Crippen molar-refractivity contribution in [3.05, 3.63) is 40.6 Å². The minimum atomic E-state index is -1.89. The Bertz CT molecular complexity index is 1560. The molecule has 44 heavy (non-hydrogen) atoms. The van der Waals surface area contributed by atoms with Crippen LogP contribution in [0.15, 0.2) is 39.5 Å². The summed E-state index contributed by atoms with van der Waals surface area (Å²) in [5.74, 6) is -2.34. The Morgan fingerprint density at radius 2 is 1.57 bits per heavy atom. The molecule has 5 rings (SSSR count). The van der Waals surface area contributed by atoms with Crippen molar-refractivity contribution in [3.63, 3.8) is 0 Å². The standard InChI is InChI=1S/C28H32O16/c1-9-18(33)21(36)23(38)27(40-9)44-26-22(37)19(34)16(8-29)42-28(26)43-25-20(35)17-13(32)6-11(30)7-15(17)41-24(25)10-3-4-12(31)14(5-10)39-2/h3-7,9,16,18-19,21-23,26-34,36-38H,8H2,1-2H3/t9-,16+,18-,19+,21+,22-,23+,26+,27+,28+/m0/s1. The van der Waals surface area contributed by atoms with Crippen molar-refractivity contribution in [1.82, 2.24) is 0 Å². The van der Waals surface area contributed by atoms with Gasteiger partial charge in [-0.05, 0) is 25.1 Å². The minimum absolute atomic E-state index is 0.0257. The first-order valence-corrected chi connectivity index (χ1v) is 13.4. The van der Waals surface area contributed by atoms with Gasteiger partial charge >= 0.3 is 0 Å². The summed E-state index contributed by atoms with van der Waals surface area (Å²) in [6, 6.07) is 5.81. The van der Waals surface area contributed by atoms with E-state index in [4.69, 9.17) is 28.1 Å². The van der Waals surface area contributed by atoms with E-state index in [0.29, 0.717) is 0 Å². The molecular formula is C28H32O16. The first-order valence-electron chi connectivity index (χ1n) is 13.4. The maximum atomic E-state index is 13.8. The highest BCUT2D eigenvalue weighted by Crippen LogP contribution is 2.40. The number of aliphatic hydroxyl groups is 6. The van der Waals surface area contributed by atoms with Crippen molar-refractivity contribution in [2.24, 2.45) is 0 Å². The topological polar surface area (TPSA) is 258 Å². The molecule has 2 fully saturated rings. The lowest BCUT2D eigenvalue weighted by Crippen LogP contribution is -2.64. The summed E-state index contributed by atoms with van der Waals surface area (Å²) < 4.78 is 33.8. The van der Waals surface area contributed by atoms with Crippen molar-refractivity contribution in [1.29, 1.82) is 0 Å². The zero-order valence-electron chi connectivity index (χ0n) is 23.3. The number of phenols is 3. The number of ether oxygens (including phenoxy) is 5. The van der Waals surface area contributed by atoms with Gasteiger partial charge in [-0.15, -0.1) is 0 Å². The Morgan fingerprint density at radius 3 is 2.25 bits per heavy atom. The predicted octanol–water partition coefficient (Wildman–Crippen LogP) is -1.38. The molecule has 3 heterocycles. The third-order valence-electron chi connectivity index (χ3n) is 7.52. The molecule has 0 aliphatic carbocycles. The Labute approximate surface area is 248 Å². The summed E-state index contributed by atoms with van der Waals surface area (Å²) in [6.45, 7) is 0.570. The molecule has 2 aliphatic rings. The van der Waals surface area contributed by atoms with Gasteiger partial charge in [0.25, 0.3) is 0 Å². The summed E-state index contributed by atoms with van der Waals surface area (Å²) in [6.07, 6.45) is -16.5. The number of hydrogen-bond acceptors (Lipinski definition) is 16. The fourth-order valence-corrected chi connectivity index (χ4v) is 5.08. The second kappa shape index (κ2) is 12.4. The zero-order valence-corrected chi connectivity index (χ0v) is 23.3. The van der Waals surface area contributed by atoms with Crippen LogP contribution in [0.4, 0.5) is 0 Å². The number of aromatic hydroxyl groups is 3. The van der Waals surface area contributed by atoms with E-state index in [2.05, 4.69) is 0 Å². The van der Waals surface area contributed by atoms with Gasteiger partial charge < -0.3 is 74.1 Å². The molecule has 3 aromatic rings. The molecule has 2 saturated heterocycles. The highest BCUT2D eigenvalue weighted by Gasteiger charge is 2.51. The number of phenolic OH excluding ortho intramolecular Hbond substituents is 3. The third kappa shape index (κ3) is 5.63. The molecule has 0 bridgehead atoms. The Kier molecular flexibility index (Phi) is 8.90. The molecule has 16 nitrogen and oxygen atoms in total. The van der Waals surface area contributed by atoms with Gasteiger partial charge in [0.1, 0.15) is 59.1 Å². The Morgan fingerprint density at radius 1 is 0.841 bits per heavy atom. The molecule has 0 saturated carbocycles. The van der Waals surface area contributed by atoms with Crippen LogP contribution in [0.3, 0.4) is 0 Å². The minimum Gasteiger partial charge on any atom is -0.508 e. The summed E-state index contributed by atoms with van der Waals surface area (Å²) in [5, 5.41) is 92.3. The van der Waals surface area contributed by atoms with Gasteiger partial charge in [0.15, 0.2) is 29.7 Å². The van der Waals surface area contributed by atoms with Crippen LogP contribution in [0, 0.1) is 0 Å². The molecule has 16 heteroatoms. The van der Waals surface area contributed by atoms with Gasteiger partial charge in [-0.25, -0.2) is 0 Å². The van der Waals surface area contributed by atoms with Crippen LogP contribution >= 0.6 is 0 Å². The Balaban J connectivity index is 1.63. The summed E-state index contributed by atoms with van der Waals surface area (Å²) in [7, 11) is 1.28. The molecule has 0 amide bonds. The third-order valence-corrected chi connectivity index (χ3v) is 7.52. The first-order chi connectivity index (χ1) is 20.9. The van der Waals surface area contributed by atoms with Crippen molar-refractivity contribution in [2.75, 3.05) is 13.7 Å². The zero-order chi connectivity index (χ0) is 32.0. The maximum Gasteiger partial charge on any atom is 0.239 e. The number of hydrogen-bond donors (Lipinski definition) is 9. The fourth-order valence-electron chi connectivity index (χ4n) is 5.08. The van der Waals surface area contributed by atoms with Crippen LogP contribution in [-0.4, -0.2) is 121 Å².